The summed E-state index contributed by atoms with van der Waals surface area (Å²) >= 11 is 0. The van der Waals surface area contributed by atoms with Gasteiger partial charge in [-0.1, -0.05) is 19.1 Å². The smallest absolute Gasteiger partial charge is 0.322 e. The summed E-state index contributed by atoms with van der Waals surface area (Å²) in [5.41, 5.74) is 0.206. The molecule has 1 amide bonds. The Morgan fingerprint density at radius 3 is 2.50 bits per heavy atom. The first kappa shape index (κ1) is 16.0. The van der Waals surface area contributed by atoms with E-state index >= 15 is 0 Å². The lowest BCUT2D eigenvalue weighted by Crippen LogP contribution is -2.30. The van der Waals surface area contributed by atoms with Crippen molar-refractivity contribution in [2.75, 3.05) is 17.0 Å². The molecule has 3 N–H and O–H groups in total. The van der Waals surface area contributed by atoms with Crippen LogP contribution in [0.5, 0.6) is 0 Å². The zero-order valence-electron chi connectivity index (χ0n) is 10.9. The molecule has 0 saturated carbocycles. The molecule has 0 radical (unpaired) electrons. The Morgan fingerprint density at radius 1 is 1.25 bits per heavy atom. The monoisotopic (exact) mass is 300 g/mol. The number of carboxylic acids is 1. The summed E-state index contributed by atoms with van der Waals surface area (Å²) in [4.78, 5) is 22.2. The molecule has 0 fully saturated rings. The summed E-state index contributed by atoms with van der Waals surface area (Å²) in [5.74, 6) is -1.89. The second kappa shape index (κ2) is 6.90. The summed E-state index contributed by atoms with van der Waals surface area (Å²) in [5, 5.41) is 10.7. The minimum Gasteiger partial charge on any atom is -0.480 e. The lowest BCUT2D eigenvalue weighted by Gasteiger charge is -2.11. The molecule has 0 aliphatic heterocycles. The summed E-state index contributed by atoms with van der Waals surface area (Å²) in [6, 6.07) is 6.01. The van der Waals surface area contributed by atoms with E-state index in [-0.39, 0.29) is 17.0 Å². The van der Waals surface area contributed by atoms with Crippen LogP contribution in [0.15, 0.2) is 24.3 Å². The van der Waals surface area contributed by atoms with Crippen molar-refractivity contribution in [3.63, 3.8) is 0 Å². The van der Waals surface area contributed by atoms with Gasteiger partial charge in [0.25, 0.3) is 5.91 Å². The van der Waals surface area contributed by atoms with Crippen molar-refractivity contribution in [2.24, 2.45) is 0 Å². The van der Waals surface area contributed by atoms with E-state index in [9.17, 15) is 18.0 Å². The minimum atomic E-state index is -3.52. The van der Waals surface area contributed by atoms with E-state index in [1.807, 2.05) is 0 Å². The fourth-order valence-corrected chi connectivity index (χ4v) is 2.66. The third-order valence-electron chi connectivity index (χ3n) is 2.31. The molecule has 0 aliphatic rings. The number of sulfonamides is 1. The Kier molecular flexibility index (Phi) is 5.51. The van der Waals surface area contributed by atoms with E-state index in [1.165, 1.54) is 12.1 Å². The van der Waals surface area contributed by atoms with E-state index in [1.54, 1.807) is 19.1 Å². The summed E-state index contributed by atoms with van der Waals surface area (Å²) in [6.45, 7) is 1.19. The number of anilines is 1. The van der Waals surface area contributed by atoms with Crippen LogP contribution in [-0.2, 0) is 14.8 Å². The molecule has 20 heavy (non-hydrogen) atoms. The highest BCUT2D eigenvalue weighted by Crippen LogP contribution is 2.16. The van der Waals surface area contributed by atoms with Crippen molar-refractivity contribution in [3.05, 3.63) is 29.8 Å². The third kappa shape index (κ3) is 4.88. The molecule has 0 saturated heterocycles. The minimum absolute atomic E-state index is 0.0575. The SMILES string of the molecule is CCCS(=O)(=O)Nc1ccccc1C(=O)NCC(=O)O. The van der Waals surface area contributed by atoms with E-state index < -0.39 is 28.4 Å². The first-order chi connectivity index (χ1) is 9.35. The number of rotatable bonds is 7. The second-order valence-electron chi connectivity index (χ2n) is 4.04. The summed E-state index contributed by atoms with van der Waals surface area (Å²) < 4.78 is 25.7. The highest BCUT2D eigenvalue weighted by molar-refractivity contribution is 7.92. The maximum absolute atomic E-state index is 11.8. The molecule has 0 aromatic heterocycles. The van der Waals surface area contributed by atoms with Gasteiger partial charge in [-0.15, -0.1) is 0 Å². The molecule has 0 aliphatic carbocycles. The van der Waals surface area contributed by atoms with Crippen LogP contribution < -0.4 is 10.0 Å². The molecule has 0 bridgehead atoms. The molecule has 8 heteroatoms. The number of hydrogen-bond acceptors (Lipinski definition) is 4. The van der Waals surface area contributed by atoms with Crippen LogP contribution in [0.4, 0.5) is 5.69 Å². The number of hydrogen-bond donors (Lipinski definition) is 3. The summed E-state index contributed by atoms with van der Waals surface area (Å²) in [6.07, 6.45) is 0.447. The largest absolute Gasteiger partial charge is 0.480 e. The standard InChI is InChI=1S/C12H16N2O5S/c1-2-7-20(18,19)14-10-6-4-3-5-9(10)12(17)13-8-11(15)16/h3-6,14H,2,7-8H2,1H3,(H,13,17)(H,15,16). The van der Waals surface area contributed by atoms with Gasteiger partial charge in [-0.25, -0.2) is 8.42 Å². The van der Waals surface area contributed by atoms with Crippen LogP contribution in [0.2, 0.25) is 0 Å². The third-order valence-corrected chi connectivity index (χ3v) is 3.79. The summed E-state index contributed by atoms with van der Waals surface area (Å²) in [7, 11) is -3.52. The molecule has 0 atom stereocenters. The Bertz CT molecular complexity index is 598. The Morgan fingerprint density at radius 2 is 1.90 bits per heavy atom. The molecule has 1 rings (SSSR count). The second-order valence-corrected chi connectivity index (χ2v) is 5.88. The maximum Gasteiger partial charge on any atom is 0.322 e. The van der Waals surface area contributed by atoms with Gasteiger partial charge in [0.1, 0.15) is 6.54 Å². The maximum atomic E-state index is 11.8. The van der Waals surface area contributed by atoms with Gasteiger partial charge >= 0.3 is 5.97 Å². The molecular weight excluding hydrogens is 284 g/mol. The number of amides is 1. The van der Waals surface area contributed by atoms with Gasteiger partial charge in [0.15, 0.2) is 0 Å². The van der Waals surface area contributed by atoms with Crippen molar-refractivity contribution < 1.29 is 23.1 Å². The van der Waals surface area contributed by atoms with Gasteiger partial charge < -0.3 is 10.4 Å². The molecule has 0 spiro atoms. The Balaban J connectivity index is 2.93. The number of para-hydroxylation sites is 1. The van der Waals surface area contributed by atoms with Crippen LogP contribution in [0.1, 0.15) is 23.7 Å². The van der Waals surface area contributed by atoms with Crippen LogP contribution in [0, 0.1) is 0 Å². The lowest BCUT2D eigenvalue weighted by atomic mass is 10.1. The van der Waals surface area contributed by atoms with Crippen LogP contribution in [0.25, 0.3) is 0 Å². The highest BCUT2D eigenvalue weighted by atomic mass is 32.2. The van der Waals surface area contributed by atoms with Crippen molar-refractivity contribution in [1.82, 2.24) is 5.32 Å². The zero-order chi connectivity index (χ0) is 15.2. The Labute approximate surface area is 117 Å². The van der Waals surface area contributed by atoms with Crippen LogP contribution >= 0.6 is 0 Å². The number of carbonyl (C=O) groups is 2. The molecular formula is C12H16N2O5S. The van der Waals surface area contributed by atoms with Gasteiger partial charge in [-0.05, 0) is 18.6 Å². The molecule has 7 nitrogen and oxygen atoms in total. The van der Waals surface area contributed by atoms with E-state index in [4.69, 9.17) is 5.11 Å². The van der Waals surface area contributed by atoms with Crippen molar-refractivity contribution in [2.45, 2.75) is 13.3 Å². The topological polar surface area (TPSA) is 113 Å². The van der Waals surface area contributed by atoms with Crippen LogP contribution in [0.3, 0.4) is 0 Å². The van der Waals surface area contributed by atoms with E-state index in [2.05, 4.69) is 10.0 Å². The molecule has 110 valence electrons. The van der Waals surface area contributed by atoms with Gasteiger partial charge in [0.05, 0.1) is 17.0 Å². The Hall–Kier alpha value is -2.09. The lowest BCUT2D eigenvalue weighted by molar-refractivity contribution is -0.135. The average Bonchev–Trinajstić information content (AvgIpc) is 2.36. The molecule has 1 aromatic rings. The molecule has 0 unspecified atom stereocenters. The molecule has 1 aromatic carbocycles. The van der Waals surface area contributed by atoms with Crippen molar-refractivity contribution in [3.8, 4) is 0 Å². The van der Waals surface area contributed by atoms with Gasteiger partial charge in [-0.2, -0.15) is 0 Å². The number of aliphatic carboxylic acids is 1. The predicted molar refractivity (Wildman–Crippen MR) is 74.1 cm³/mol. The average molecular weight is 300 g/mol. The number of benzene rings is 1. The van der Waals surface area contributed by atoms with Gasteiger partial charge in [0.2, 0.25) is 10.0 Å². The fraction of sp³-hybridized carbons (Fsp3) is 0.333. The number of carboxylic acid groups (broad SMARTS) is 1. The van der Waals surface area contributed by atoms with E-state index in [0.29, 0.717) is 6.42 Å². The molecule has 0 heterocycles. The van der Waals surface area contributed by atoms with E-state index in [0.717, 1.165) is 0 Å². The quantitative estimate of drug-likeness (QED) is 0.684. The van der Waals surface area contributed by atoms with Gasteiger partial charge in [0, 0.05) is 0 Å². The first-order valence-corrected chi connectivity index (χ1v) is 7.60. The fourth-order valence-electron chi connectivity index (χ4n) is 1.51. The van der Waals surface area contributed by atoms with Crippen molar-refractivity contribution in [1.29, 1.82) is 0 Å². The van der Waals surface area contributed by atoms with Crippen LogP contribution in [-0.4, -0.2) is 37.7 Å². The number of carbonyl (C=O) groups excluding carboxylic acids is 1. The van der Waals surface area contributed by atoms with Crippen molar-refractivity contribution >= 4 is 27.6 Å². The zero-order valence-corrected chi connectivity index (χ0v) is 11.7. The first-order valence-electron chi connectivity index (χ1n) is 5.95. The number of nitrogens with one attached hydrogen (secondary N) is 2. The normalized spacial score (nSPS) is 10.8. The van der Waals surface area contributed by atoms with Gasteiger partial charge in [-0.3, -0.25) is 14.3 Å². The highest BCUT2D eigenvalue weighted by Gasteiger charge is 2.16. The predicted octanol–water partition coefficient (Wildman–Crippen LogP) is 0.653.